The molecule has 0 aliphatic heterocycles. The molecule has 0 fully saturated rings. The molecule has 0 saturated carbocycles. The molecule has 0 aromatic heterocycles. The maximum absolute atomic E-state index is 12.7. The van der Waals surface area contributed by atoms with E-state index in [0.29, 0.717) is 32.8 Å². The van der Waals surface area contributed by atoms with Crippen LogP contribution in [0.5, 0.6) is 0 Å². The number of aryl methyl sites for hydroxylation is 1. The molecule has 2 aromatic rings. The maximum atomic E-state index is 12.7. The molecule has 0 amide bonds. The number of carbonyl (C=O) groups excluding carboxylic acids is 2. The Balaban J connectivity index is 1.75. The fraction of sp³-hybridized carbons (Fsp3) is 0.462. The predicted molar refractivity (Wildman–Crippen MR) is 122 cm³/mol. The summed E-state index contributed by atoms with van der Waals surface area (Å²) in [6, 6.07) is 16.0. The van der Waals surface area contributed by atoms with Crippen molar-refractivity contribution in [2.45, 2.75) is 58.3 Å². The molecular formula is C26H33NO5. The Morgan fingerprint density at radius 2 is 1.84 bits per heavy atom. The summed E-state index contributed by atoms with van der Waals surface area (Å²) in [5, 5.41) is 3.49. The third kappa shape index (κ3) is 6.65. The molecule has 0 heterocycles. The summed E-state index contributed by atoms with van der Waals surface area (Å²) in [7, 11) is 0. The number of benzene rings is 2. The van der Waals surface area contributed by atoms with E-state index in [9.17, 15) is 9.59 Å². The maximum Gasteiger partial charge on any atom is 0.339 e. The molecule has 3 rings (SSSR count). The first-order valence-corrected chi connectivity index (χ1v) is 11.5. The van der Waals surface area contributed by atoms with Gasteiger partial charge in [-0.3, -0.25) is 4.79 Å². The van der Waals surface area contributed by atoms with Crippen molar-refractivity contribution in [2.24, 2.45) is 0 Å². The second-order valence-electron chi connectivity index (χ2n) is 7.84. The van der Waals surface area contributed by atoms with E-state index < -0.39 is 6.10 Å². The molecular weight excluding hydrogens is 406 g/mol. The fourth-order valence-corrected chi connectivity index (χ4v) is 4.05. The third-order valence-electron chi connectivity index (χ3n) is 5.57. The third-order valence-corrected chi connectivity index (χ3v) is 5.57. The van der Waals surface area contributed by atoms with Gasteiger partial charge in [0.2, 0.25) is 0 Å². The number of esters is 2. The highest BCUT2D eigenvalue weighted by molar-refractivity contribution is 5.76. The van der Waals surface area contributed by atoms with E-state index in [0.717, 1.165) is 36.0 Å². The highest BCUT2D eigenvalue weighted by Crippen LogP contribution is 2.33. The van der Waals surface area contributed by atoms with Gasteiger partial charge in [-0.05, 0) is 55.4 Å². The molecule has 1 aliphatic rings. The number of nitrogens with one attached hydrogen (secondary N) is 1. The van der Waals surface area contributed by atoms with Crippen LogP contribution < -0.4 is 5.32 Å². The lowest BCUT2D eigenvalue weighted by atomic mass is 9.85. The molecule has 1 unspecified atom stereocenters. The summed E-state index contributed by atoms with van der Waals surface area (Å²) in [4.78, 5) is 24.4. The predicted octanol–water partition coefficient (Wildman–Crippen LogP) is 4.43. The number of ether oxygens (including phenoxy) is 3. The van der Waals surface area contributed by atoms with Gasteiger partial charge in [0, 0.05) is 12.6 Å². The molecule has 6 nitrogen and oxygen atoms in total. The van der Waals surface area contributed by atoms with E-state index in [1.54, 1.807) is 6.92 Å². The van der Waals surface area contributed by atoms with Gasteiger partial charge in [-0.2, -0.15) is 0 Å². The average molecular weight is 440 g/mol. The second-order valence-corrected chi connectivity index (χ2v) is 7.84. The van der Waals surface area contributed by atoms with Crippen LogP contribution in [-0.2, 0) is 36.8 Å². The molecule has 0 saturated heterocycles. The molecule has 32 heavy (non-hydrogen) atoms. The molecule has 0 radical (unpaired) electrons. The minimum Gasteiger partial charge on any atom is -0.466 e. The van der Waals surface area contributed by atoms with Crippen LogP contribution >= 0.6 is 0 Å². The van der Waals surface area contributed by atoms with Crippen molar-refractivity contribution < 1.29 is 23.8 Å². The molecule has 2 atom stereocenters. The van der Waals surface area contributed by atoms with Gasteiger partial charge in [0.1, 0.15) is 0 Å². The summed E-state index contributed by atoms with van der Waals surface area (Å²) >= 11 is 0. The lowest BCUT2D eigenvalue weighted by Gasteiger charge is -2.28. The largest absolute Gasteiger partial charge is 0.466 e. The number of fused-ring (bicyclic) bond motifs is 1. The standard InChI is InChI=1S/C26H33NO5/c1-3-30-24(28)15-16-27-23-12-8-11-20-13-14-21(17-22(20)23)25(26(29)31-4-2)32-18-19-9-6-5-7-10-19/h5-7,9-10,13-14,17,23,25,27H,3-4,8,11-12,15-16,18H2,1-2H3/t23?,25-/m0/s1. The summed E-state index contributed by atoms with van der Waals surface area (Å²) in [5.41, 5.74) is 4.21. The van der Waals surface area contributed by atoms with E-state index in [2.05, 4.69) is 17.4 Å². The van der Waals surface area contributed by atoms with Crippen molar-refractivity contribution in [3.05, 3.63) is 70.8 Å². The van der Waals surface area contributed by atoms with Crippen LogP contribution in [-0.4, -0.2) is 31.7 Å². The number of rotatable bonds is 11. The van der Waals surface area contributed by atoms with Gasteiger partial charge in [-0.1, -0.05) is 48.5 Å². The highest BCUT2D eigenvalue weighted by atomic mass is 16.6. The van der Waals surface area contributed by atoms with Crippen LogP contribution in [0.25, 0.3) is 0 Å². The lowest BCUT2D eigenvalue weighted by Crippen LogP contribution is -2.28. The van der Waals surface area contributed by atoms with Gasteiger partial charge in [-0.25, -0.2) is 4.79 Å². The first-order chi connectivity index (χ1) is 15.6. The van der Waals surface area contributed by atoms with Crippen molar-refractivity contribution >= 4 is 11.9 Å². The molecule has 1 aliphatic carbocycles. The molecule has 0 spiro atoms. The van der Waals surface area contributed by atoms with E-state index in [-0.39, 0.29) is 18.0 Å². The van der Waals surface area contributed by atoms with E-state index in [1.807, 2.05) is 43.3 Å². The van der Waals surface area contributed by atoms with E-state index in [1.165, 1.54) is 5.56 Å². The van der Waals surface area contributed by atoms with Crippen molar-refractivity contribution in [3.63, 3.8) is 0 Å². The zero-order chi connectivity index (χ0) is 22.8. The highest BCUT2D eigenvalue weighted by Gasteiger charge is 2.27. The van der Waals surface area contributed by atoms with Crippen molar-refractivity contribution in [1.29, 1.82) is 0 Å². The first-order valence-electron chi connectivity index (χ1n) is 11.5. The Labute approximate surface area is 190 Å². The van der Waals surface area contributed by atoms with Crippen LogP contribution in [0.3, 0.4) is 0 Å². The summed E-state index contributed by atoms with van der Waals surface area (Å²) in [6.45, 7) is 5.17. The average Bonchev–Trinajstić information content (AvgIpc) is 2.80. The van der Waals surface area contributed by atoms with Gasteiger partial charge < -0.3 is 19.5 Å². The van der Waals surface area contributed by atoms with Gasteiger partial charge in [0.15, 0.2) is 6.10 Å². The first kappa shape index (κ1) is 24.0. The Kier molecular flexibility index (Phi) is 9.26. The Morgan fingerprint density at radius 3 is 2.59 bits per heavy atom. The zero-order valence-corrected chi connectivity index (χ0v) is 19.0. The summed E-state index contributed by atoms with van der Waals surface area (Å²) in [5.74, 6) is -0.576. The normalized spacial score (nSPS) is 16.1. The minimum atomic E-state index is -0.789. The molecule has 172 valence electrons. The summed E-state index contributed by atoms with van der Waals surface area (Å²) in [6.07, 6.45) is 2.61. The van der Waals surface area contributed by atoms with Crippen LogP contribution in [0.2, 0.25) is 0 Å². The SMILES string of the molecule is CCOC(=O)CCNC1CCCc2ccc([C@H](OCc3ccccc3)C(=O)OCC)cc21. The van der Waals surface area contributed by atoms with E-state index in [4.69, 9.17) is 14.2 Å². The second kappa shape index (κ2) is 12.4. The Morgan fingerprint density at radius 1 is 1.06 bits per heavy atom. The monoisotopic (exact) mass is 439 g/mol. The molecule has 0 bridgehead atoms. The zero-order valence-electron chi connectivity index (χ0n) is 19.0. The topological polar surface area (TPSA) is 73.9 Å². The van der Waals surface area contributed by atoms with E-state index >= 15 is 0 Å². The van der Waals surface area contributed by atoms with Gasteiger partial charge >= 0.3 is 11.9 Å². The van der Waals surface area contributed by atoms with Crippen LogP contribution in [0.15, 0.2) is 48.5 Å². The quantitative estimate of drug-likeness (QED) is 0.522. The molecule has 6 heteroatoms. The van der Waals surface area contributed by atoms with Crippen molar-refractivity contribution in [2.75, 3.05) is 19.8 Å². The molecule has 2 aromatic carbocycles. The number of carbonyl (C=O) groups is 2. The van der Waals surface area contributed by atoms with Crippen LogP contribution in [0.1, 0.15) is 67.5 Å². The number of hydrogen-bond donors (Lipinski definition) is 1. The van der Waals surface area contributed by atoms with Gasteiger partial charge in [0.25, 0.3) is 0 Å². The Hall–Kier alpha value is -2.70. The Bertz CT molecular complexity index is 883. The lowest BCUT2D eigenvalue weighted by molar-refractivity contribution is -0.158. The molecule has 1 N–H and O–H groups in total. The van der Waals surface area contributed by atoms with Crippen molar-refractivity contribution in [3.8, 4) is 0 Å². The summed E-state index contributed by atoms with van der Waals surface area (Å²) < 4.78 is 16.4. The van der Waals surface area contributed by atoms with Crippen molar-refractivity contribution in [1.82, 2.24) is 5.32 Å². The minimum absolute atomic E-state index is 0.130. The van der Waals surface area contributed by atoms with Crippen LogP contribution in [0, 0.1) is 0 Å². The number of hydrogen-bond acceptors (Lipinski definition) is 6. The smallest absolute Gasteiger partial charge is 0.339 e. The van der Waals surface area contributed by atoms with Gasteiger partial charge in [-0.15, -0.1) is 0 Å². The van der Waals surface area contributed by atoms with Crippen LogP contribution in [0.4, 0.5) is 0 Å². The fourth-order valence-electron chi connectivity index (χ4n) is 4.05. The van der Waals surface area contributed by atoms with Gasteiger partial charge in [0.05, 0.1) is 26.2 Å².